The highest BCUT2D eigenvalue weighted by Crippen LogP contribution is 2.15. The fourth-order valence-corrected chi connectivity index (χ4v) is 2.46. The molecule has 2 heterocycles. The Morgan fingerprint density at radius 2 is 2.23 bits per heavy atom. The summed E-state index contributed by atoms with van der Waals surface area (Å²) in [6, 6.07) is 5.84. The summed E-state index contributed by atoms with van der Waals surface area (Å²) in [4.78, 5) is 18.3. The van der Waals surface area contributed by atoms with Crippen molar-refractivity contribution in [3.8, 4) is 0 Å². The smallest absolute Gasteiger partial charge is 0.234 e. The lowest BCUT2D eigenvalue weighted by atomic mass is 10.1. The van der Waals surface area contributed by atoms with Gasteiger partial charge in [-0.25, -0.2) is 0 Å². The van der Waals surface area contributed by atoms with Crippen LogP contribution in [-0.4, -0.2) is 39.2 Å². The molecule has 0 aliphatic rings. The van der Waals surface area contributed by atoms with Crippen LogP contribution in [0.4, 0.5) is 0 Å². The van der Waals surface area contributed by atoms with Crippen molar-refractivity contribution >= 4 is 5.91 Å². The van der Waals surface area contributed by atoms with Crippen molar-refractivity contribution in [2.75, 3.05) is 13.6 Å². The summed E-state index contributed by atoms with van der Waals surface area (Å²) in [5, 5.41) is 7.23. The summed E-state index contributed by atoms with van der Waals surface area (Å²) >= 11 is 0. The fourth-order valence-electron chi connectivity index (χ4n) is 2.46. The molecule has 0 aromatic carbocycles. The Bertz CT molecular complexity index is 596. The molecule has 0 fully saturated rings. The number of aromatic nitrogens is 3. The highest BCUT2D eigenvalue weighted by atomic mass is 16.2. The Balaban J connectivity index is 1.87. The van der Waals surface area contributed by atoms with Crippen molar-refractivity contribution in [3.63, 3.8) is 0 Å². The van der Waals surface area contributed by atoms with Gasteiger partial charge in [0, 0.05) is 32.2 Å². The average Bonchev–Trinajstić information content (AvgIpc) is 2.91. The normalized spacial score (nSPS) is 12.4. The van der Waals surface area contributed by atoms with Crippen molar-refractivity contribution < 1.29 is 4.79 Å². The molecule has 6 nitrogen and oxygen atoms in total. The van der Waals surface area contributed by atoms with Crippen molar-refractivity contribution in [2.24, 2.45) is 7.05 Å². The minimum Gasteiger partial charge on any atom is -0.347 e. The van der Waals surface area contributed by atoms with Crippen LogP contribution in [0.25, 0.3) is 0 Å². The topological polar surface area (TPSA) is 63.1 Å². The third kappa shape index (κ3) is 4.39. The van der Waals surface area contributed by atoms with Crippen LogP contribution in [0.5, 0.6) is 0 Å². The number of carbonyl (C=O) groups is 1. The van der Waals surface area contributed by atoms with E-state index in [1.807, 2.05) is 43.4 Å². The highest BCUT2D eigenvalue weighted by Gasteiger charge is 2.16. The van der Waals surface area contributed by atoms with Gasteiger partial charge in [-0.3, -0.25) is 19.4 Å². The largest absolute Gasteiger partial charge is 0.347 e. The van der Waals surface area contributed by atoms with Gasteiger partial charge in [0.2, 0.25) is 5.91 Å². The van der Waals surface area contributed by atoms with Crippen LogP contribution in [0.3, 0.4) is 0 Å². The summed E-state index contributed by atoms with van der Waals surface area (Å²) in [6.45, 7) is 3.10. The molecule has 2 rings (SSSR count). The van der Waals surface area contributed by atoms with E-state index in [0.29, 0.717) is 13.1 Å². The molecule has 118 valence electrons. The number of nitrogens with one attached hydrogen (secondary N) is 1. The summed E-state index contributed by atoms with van der Waals surface area (Å²) in [5.74, 6) is 0.0134. The maximum Gasteiger partial charge on any atom is 0.234 e. The second-order valence-corrected chi connectivity index (χ2v) is 5.44. The Hall–Kier alpha value is -2.21. The predicted octanol–water partition coefficient (Wildman–Crippen LogP) is 1.51. The quantitative estimate of drug-likeness (QED) is 0.842. The van der Waals surface area contributed by atoms with Gasteiger partial charge in [0.05, 0.1) is 18.3 Å². The summed E-state index contributed by atoms with van der Waals surface area (Å²) in [5.41, 5.74) is 2.11. The van der Waals surface area contributed by atoms with Gasteiger partial charge in [-0.05, 0) is 31.2 Å². The second kappa shape index (κ2) is 7.70. The summed E-state index contributed by atoms with van der Waals surface area (Å²) < 4.78 is 1.80. The molecule has 0 aliphatic carbocycles. The SMILES string of the molecule is CC[C@H](NC(=O)CN(C)Cc1cccnc1)c1ccnn1C. The van der Waals surface area contributed by atoms with Crippen molar-refractivity contribution in [3.05, 3.63) is 48.0 Å². The molecule has 6 heteroatoms. The van der Waals surface area contributed by atoms with Gasteiger partial charge in [0.15, 0.2) is 0 Å². The molecule has 0 unspecified atom stereocenters. The minimum absolute atomic E-state index is 0.00760. The van der Waals surface area contributed by atoms with E-state index < -0.39 is 0 Å². The van der Waals surface area contributed by atoms with E-state index in [4.69, 9.17) is 0 Å². The van der Waals surface area contributed by atoms with Crippen LogP contribution in [0, 0.1) is 0 Å². The first-order valence-electron chi connectivity index (χ1n) is 7.45. The van der Waals surface area contributed by atoms with Crippen molar-refractivity contribution in [2.45, 2.75) is 25.9 Å². The average molecular weight is 301 g/mol. The van der Waals surface area contributed by atoms with E-state index in [-0.39, 0.29) is 11.9 Å². The zero-order valence-electron chi connectivity index (χ0n) is 13.4. The Kier molecular flexibility index (Phi) is 5.66. The van der Waals surface area contributed by atoms with E-state index in [9.17, 15) is 4.79 Å². The number of aryl methyl sites for hydroxylation is 1. The highest BCUT2D eigenvalue weighted by molar-refractivity contribution is 5.78. The third-order valence-corrected chi connectivity index (χ3v) is 3.55. The van der Waals surface area contributed by atoms with E-state index in [1.54, 1.807) is 17.1 Å². The molecule has 2 aromatic heterocycles. The molecule has 1 amide bonds. The number of likely N-dealkylation sites (N-methyl/N-ethyl adjacent to an activating group) is 1. The second-order valence-electron chi connectivity index (χ2n) is 5.44. The lowest BCUT2D eigenvalue weighted by Crippen LogP contribution is -2.37. The number of carbonyl (C=O) groups excluding carboxylic acids is 1. The number of hydrogen-bond acceptors (Lipinski definition) is 4. The van der Waals surface area contributed by atoms with Crippen molar-refractivity contribution in [1.29, 1.82) is 0 Å². The van der Waals surface area contributed by atoms with Crippen LogP contribution < -0.4 is 5.32 Å². The number of rotatable bonds is 7. The maximum absolute atomic E-state index is 12.2. The molecule has 0 aliphatic heterocycles. The molecule has 22 heavy (non-hydrogen) atoms. The first kappa shape index (κ1) is 16.2. The number of hydrogen-bond donors (Lipinski definition) is 1. The molecule has 2 aromatic rings. The summed E-state index contributed by atoms with van der Waals surface area (Å²) in [6.07, 6.45) is 6.14. The molecular formula is C16H23N5O. The zero-order chi connectivity index (χ0) is 15.9. The Morgan fingerprint density at radius 3 is 2.82 bits per heavy atom. The first-order valence-corrected chi connectivity index (χ1v) is 7.45. The van der Waals surface area contributed by atoms with Crippen LogP contribution >= 0.6 is 0 Å². The molecule has 1 atom stereocenters. The van der Waals surface area contributed by atoms with Gasteiger partial charge in [-0.2, -0.15) is 5.10 Å². The van der Waals surface area contributed by atoms with Crippen LogP contribution in [0.1, 0.15) is 30.6 Å². The molecule has 1 N–H and O–H groups in total. The zero-order valence-corrected chi connectivity index (χ0v) is 13.4. The first-order chi connectivity index (χ1) is 10.6. The molecule has 0 spiro atoms. The number of amides is 1. The van der Waals surface area contributed by atoms with Crippen LogP contribution in [-0.2, 0) is 18.4 Å². The van der Waals surface area contributed by atoms with Gasteiger partial charge in [-0.1, -0.05) is 13.0 Å². The van der Waals surface area contributed by atoms with E-state index in [2.05, 4.69) is 22.3 Å². The number of pyridine rings is 1. The molecule has 0 saturated heterocycles. The maximum atomic E-state index is 12.2. The fraction of sp³-hybridized carbons (Fsp3) is 0.438. The minimum atomic E-state index is -0.00760. The molecular weight excluding hydrogens is 278 g/mol. The molecule has 0 bridgehead atoms. The number of nitrogens with zero attached hydrogens (tertiary/aromatic N) is 4. The van der Waals surface area contributed by atoms with Crippen LogP contribution in [0.2, 0.25) is 0 Å². The van der Waals surface area contributed by atoms with Gasteiger partial charge >= 0.3 is 0 Å². The summed E-state index contributed by atoms with van der Waals surface area (Å²) in [7, 11) is 3.82. The van der Waals surface area contributed by atoms with Gasteiger partial charge in [0.1, 0.15) is 0 Å². The van der Waals surface area contributed by atoms with E-state index in [1.165, 1.54) is 0 Å². The van der Waals surface area contributed by atoms with Crippen molar-refractivity contribution in [1.82, 2.24) is 25.0 Å². The van der Waals surface area contributed by atoms with Gasteiger partial charge in [0.25, 0.3) is 0 Å². The van der Waals surface area contributed by atoms with E-state index in [0.717, 1.165) is 17.7 Å². The Morgan fingerprint density at radius 1 is 1.41 bits per heavy atom. The lowest BCUT2D eigenvalue weighted by Gasteiger charge is -2.20. The molecule has 0 radical (unpaired) electrons. The predicted molar refractivity (Wildman–Crippen MR) is 85.0 cm³/mol. The van der Waals surface area contributed by atoms with Crippen LogP contribution in [0.15, 0.2) is 36.8 Å². The van der Waals surface area contributed by atoms with Gasteiger partial charge in [-0.15, -0.1) is 0 Å². The van der Waals surface area contributed by atoms with E-state index >= 15 is 0 Å². The Labute approximate surface area is 131 Å². The monoisotopic (exact) mass is 301 g/mol. The third-order valence-electron chi connectivity index (χ3n) is 3.55. The molecule has 0 saturated carbocycles. The van der Waals surface area contributed by atoms with Gasteiger partial charge < -0.3 is 5.32 Å². The lowest BCUT2D eigenvalue weighted by molar-refractivity contribution is -0.122. The standard InChI is InChI=1S/C16H23N5O/c1-4-14(15-7-9-18-21(15)3)19-16(22)12-20(2)11-13-6-5-8-17-10-13/h5-10,14H,4,11-12H2,1-3H3,(H,19,22)/t14-/m0/s1.